The molecule has 0 aromatic heterocycles. The number of rotatable bonds is 6. The van der Waals surface area contributed by atoms with Crippen LogP contribution in [-0.2, 0) is 14.9 Å². The lowest BCUT2D eigenvalue weighted by atomic mass is 9.85. The van der Waals surface area contributed by atoms with Crippen LogP contribution in [0.15, 0.2) is 53.9 Å². The highest BCUT2D eigenvalue weighted by atomic mass is 35.5. The van der Waals surface area contributed by atoms with E-state index >= 15 is 0 Å². The van der Waals surface area contributed by atoms with Crippen molar-refractivity contribution in [3.8, 4) is 0 Å². The summed E-state index contributed by atoms with van der Waals surface area (Å²) in [6.07, 6.45) is 0. The third-order valence-corrected chi connectivity index (χ3v) is 6.38. The number of piperazine rings is 1. The summed E-state index contributed by atoms with van der Waals surface area (Å²) in [5, 5.41) is 5.11. The number of hydrogen-bond donors (Lipinski definition) is 2. The Balaban J connectivity index is 1.68. The van der Waals surface area contributed by atoms with E-state index < -0.39 is 23.0 Å². The van der Waals surface area contributed by atoms with Gasteiger partial charge < -0.3 is 15.0 Å². The third-order valence-electron chi connectivity index (χ3n) is 6.13. The fourth-order valence-electron chi connectivity index (χ4n) is 4.28. The van der Waals surface area contributed by atoms with Crippen molar-refractivity contribution in [1.29, 1.82) is 0 Å². The van der Waals surface area contributed by atoms with Crippen LogP contribution in [0.25, 0.3) is 0 Å². The number of anilines is 1. The van der Waals surface area contributed by atoms with Crippen LogP contribution in [0.5, 0.6) is 0 Å². The number of nitrogens with one attached hydrogen (secondary N) is 2. The number of benzene rings is 2. The van der Waals surface area contributed by atoms with Gasteiger partial charge in [0.1, 0.15) is 11.6 Å². The largest absolute Gasteiger partial charge is 0.486 e. The molecule has 2 aliphatic rings. The Labute approximate surface area is 203 Å². The summed E-state index contributed by atoms with van der Waals surface area (Å²) in [4.78, 5) is 15.7. The molecule has 1 saturated heterocycles. The fraction of sp³-hybridized carbons (Fsp3) is 0.400. The zero-order valence-electron chi connectivity index (χ0n) is 19.5. The van der Waals surface area contributed by atoms with Gasteiger partial charge in [-0.05, 0) is 36.8 Å². The molecule has 1 fully saturated rings. The molecule has 9 heteroatoms. The smallest absolute Gasteiger partial charge is 0.309 e. The molecular formula is C25H29ClF2N4O2. The number of halogens is 3. The molecule has 182 valence electrons. The standard InChI is InChI=1S/C25H29ClF2N4O2/c1-16-22(31-10-8-29-9-11-31)23(34-15-25(2,3)17-4-6-18(26)7-5-17)24(33)32(30-16)21-13-19(27)12-20(28)14-21/h4-7,12-14,16,29-30H,8-11,15H2,1-3H3. The van der Waals surface area contributed by atoms with E-state index in [4.69, 9.17) is 16.3 Å². The summed E-state index contributed by atoms with van der Waals surface area (Å²) in [6.45, 7) is 9.18. The summed E-state index contributed by atoms with van der Waals surface area (Å²) in [6, 6.07) is 10.2. The molecule has 2 aromatic rings. The van der Waals surface area contributed by atoms with Crippen molar-refractivity contribution in [1.82, 2.24) is 15.6 Å². The minimum Gasteiger partial charge on any atom is -0.486 e. The maximum Gasteiger partial charge on any atom is 0.309 e. The van der Waals surface area contributed by atoms with E-state index in [0.717, 1.165) is 60.6 Å². The first-order valence-electron chi connectivity index (χ1n) is 11.3. The average Bonchev–Trinajstić information content (AvgIpc) is 2.79. The van der Waals surface area contributed by atoms with Gasteiger partial charge in [0, 0.05) is 42.7 Å². The van der Waals surface area contributed by atoms with E-state index in [-0.39, 0.29) is 24.1 Å². The highest BCUT2D eigenvalue weighted by Gasteiger charge is 2.38. The molecule has 0 saturated carbocycles. The van der Waals surface area contributed by atoms with E-state index in [1.807, 2.05) is 45.0 Å². The van der Waals surface area contributed by atoms with Crippen LogP contribution >= 0.6 is 11.6 Å². The van der Waals surface area contributed by atoms with Gasteiger partial charge in [-0.3, -0.25) is 4.79 Å². The Bertz CT molecular complexity index is 1060. The Morgan fingerprint density at radius 1 is 1.09 bits per heavy atom. The summed E-state index contributed by atoms with van der Waals surface area (Å²) < 4.78 is 34.1. The highest BCUT2D eigenvalue weighted by Crippen LogP contribution is 2.31. The zero-order chi connectivity index (χ0) is 24.5. The summed E-state index contributed by atoms with van der Waals surface area (Å²) in [5.41, 5.74) is 4.50. The molecule has 6 nitrogen and oxygen atoms in total. The molecular weight excluding hydrogens is 462 g/mol. The van der Waals surface area contributed by atoms with Crippen LogP contribution < -0.4 is 15.8 Å². The molecule has 2 aliphatic heterocycles. The molecule has 0 bridgehead atoms. The van der Waals surface area contributed by atoms with Crippen molar-refractivity contribution in [3.63, 3.8) is 0 Å². The van der Waals surface area contributed by atoms with Crippen molar-refractivity contribution >= 4 is 23.2 Å². The SMILES string of the molecule is CC1NN(c2cc(F)cc(F)c2)C(=O)C(OCC(C)(C)c2ccc(Cl)cc2)=C1N1CCNCC1. The minimum atomic E-state index is -0.763. The summed E-state index contributed by atoms with van der Waals surface area (Å²) in [7, 11) is 0. The van der Waals surface area contributed by atoms with Gasteiger partial charge in [0.2, 0.25) is 5.76 Å². The van der Waals surface area contributed by atoms with Gasteiger partial charge in [-0.15, -0.1) is 0 Å². The van der Waals surface area contributed by atoms with E-state index in [2.05, 4.69) is 15.6 Å². The second-order valence-corrected chi connectivity index (χ2v) is 9.69. The van der Waals surface area contributed by atoms with E-state index in [1.54, 1.807) is 0 Å². The normalized spacial score (nSPS) is 19.6. The Kier molecular flexibility index (Phi) is 7.12. The number of carbonyl (C=O) groups is 1. The first kappa shape index (κ1) is 24.4. The van der Waals surface area contributed by atoms with Crippen LogP contribution in [0.1, 0.15) is 26.3 Å². The lowest BCUT2D eigenvalue weighted by Crippen LogP contribution is -2.58. The van der Waals surface area contributed by atoms with Crippen LogP contribution in [0.2, 0.25) is 5.02 Å². The molecule has 4 rings (SSSR count). The monoisotopic (exact) mass is 490 g/mol. The number of amides is 1. The van der Waals surface area contributed by atoms with Crippen molar-refractivity contribution in [2.75, 3.05) is 37.8 Å². The molecule has 2 aromatic carbocycles. The molecule has 0 aliphatic carbocycles. The molecule has 1 unspecified atom stereocenters. The Morgan fingerprint density at radius 3 is 2.32 bits per heavy atom. The first-order valence-corrected chi connectivity index (χ1v) is 11.7. The maximum atomic E-state index is 13.9. The first-order chi connectivity index (χ1) is 16.2. The van der Waals surface area contributed by atoms with E-state index in [9.17, 15) is 13.6 Å². The van der Waals surface area contributed by atoms with E-state index in [0.29, 0.717) is 5.02 Å². The topological polar surface area (TPSA) is 56.8 Å². The molecule has 1 amide bonds. The molecule has 2 N–H and O–H groups in total. The zero-order valence-corrected chi connectivity index (χ0v) is 20.3. The van der Waals surface area contributed by atoms with Gasteiger partial charge in [0.25, 0.3) is 0 Å². The Hall–Kier alpha value is -2.68. The van der Waals surface area contributed by atoms with Crippen molar-refractivity contribution < 1.29 is 18.3 Å². The number of ether oxygens (including phenoxy) is 1. The lowest BCUT2D eigenvalue weighted by molar-refractivity contribution is -0.120. The number of carbonyl (C=O) groups excluding carboxylic acids is 1. The molecule has 1 atom stereocenters. The van der Waals surface area contributed by atoms with Gasteiger partial charge in [-0.1, -0.05) is 37.6 Å². The summed E-state index contributed by atoms with van der Waals surface area (Å²) in [5.74, 6) is -1.84. The van der Waals surface area contributed by atoms with E-state index in [1.165, 1.54) is 0 Å². The third kappa shape index (κ3) is 5.19. The molecule has 0 spiro atoms. The number of hydrogen-bond acceptors (Lipinski definition) is 5. The lowest BCUT2D eigenvalue weighted by Gasteiger charge is -2.41. The van der Waals surface area contributed by atoms with Gasteiger partial charge in [0.15, 0.2) is 0 Å². The molecule has 0 radical (unpaired) electrons. The van der Waals surface area contributed by atoms with Gasteiger partial charge in [-0.2, -0.15) is 0 Å². The second-order valence-electron chi connectivity index (χ2n) is 9.25. The number of nitrogens with zero attached hydrogens (tertiary/aromatic N) is 2. The number of hydrazine groups is 1. The molecule has 34 heavy (non-hydrogen) atoms. The average molecular weight is 491 g/mol. The second kappa shape index (κ2) is 9.90. The van der Waals surface area contributed by atoms with Crippen molar-refractivity contribution in [3.05, 3.63) is 76.1 Å². The summed E-state index contributed by atoms with van der Waals surface area (Å²) >= 11 is 6.04. The Morgan fingerprint density at radius 2 is 1.71 bits per heavy atom. The predicted octanol–water partition coefficient (Wildman–Crippen LogP) is 3.97. The minimum absolute atomic E-state index is 0.0757. The van der Waals surface area contributed by atoms with Crippen LogP contribution in [0.4, 0.5) is 14.5 Å². The maximum absolute atomic E-state index is 13.9. The van der Waals surface area contributed by atoms with Crippen LogP contribution in [0, 0.1) is 11.6 Å². The van der Waals surface area contributed by atoms with Gasteiger partial charge in [-0.25, -0.2) is 19.2 Å². The van der Waals surface area contributed by atoms with Crippen molar-refractivity contribution in [2.24, 2.45) is 0 Å². The predicted molar refractivity (Wildman–Crippen MR) is 128 cm³/mol. The highest BCUT2D eigenvalue weighted by molar-refractivity contribution is 6.30. The quantitative estimate of drug-likeness (QED) is 0.641. The van der Waals surface area contributed by atoms with Crippen molar-refractivity contribution in [2.45, 2.75) is 32.2 Å². The molecule has 2 heterocycles. The van der Waals surface area contributed by atoms with Gasteiger partial charge >= 0.3 is 5.91 Å². The fourth-order valence-corrected chi connectivity index (χ4v) is 4.40. The van der Waals surface area contributed by atoms with Crippen LogP contribution in [-0.4, -0.2) is 49.6 Å². The van der Waals surface area contributed by atoms with Gasteiger partial charge in [0.05, 0.1) is 24.0 Å². The van der Waals surface area contributed by atoms with Crippen LogP contribution in [0.3, 0.4) is 0 Å².